The number of hydrogen-bond donors (Lipinski definition) is 1. The molecule has 0 aromatic carbocycles. The summed E-state index contributed by atoms with van der Waals surface area (Å²) in [6.07, 6.45) is 3.76. The van der Waals surface area contributed by atoms with E-state index in [9.17, 15) is 10.1 Å². The van der Waals surface area contributed by atoms with Crippen LogP contribution in [0.4, 0.5) is 5.00 Å². The van der Waals surface area contributed by atoms with Gasteiger partial charge in [-0.05, 0) is 37.7 Å². The topological polar surface area (TPSA) is 108 Å². The van der Waals surface area contributed by atoms with Crippen LogP contribution in [-0.4, -0.2) is 15.1 Å². The van der Waals surface area contributed by atoms with Gasteiger partial charge in [0.25, 0.3) is 5.89 Å². The molecule has 8 heteroatoms. The molecule has 1 fully saturated rings. The van der Waals surface area contributed by atoms with Crippen molar-refractivity contribution in [3.8, 4) is 10.8 Å². The van der Waals surface area contributed by atoms with E-state index in [0.717, 1.165) is 37.0 Å². The third-order valence-corrected chi connectivity index (χ3v) is 5.05. The summed E-state index contributed by atoms with van der Waals surface area (Å²) in [5, 5.41) is 14.8. The first-order valence-electron chi connectivity index (χ1n) is 6.85. The summed E-state index contributed by atoms with van der Waals surface area (Å²) >= 11 is 1.02. The third-order valence-electron chi connectivity index (χ3n) is 4.02. The number of nitrogens with two attached hydrogens (primary N) is 1. The van der Waals surface area contributed by atoms with E-state index in [4.69, 9.17) is 10.3 Å². The average molecular weight is 308 g/mol. The maximum atomic E-state index is 10.7. The number of nitro groups is 1. The van der Waals surface area contributed by atoms with Crippen LogP contribution in [0.2, 0.25) is 0 Å². The minimum Gasteiger partial charge on any atom is -0.333 e. The Hall–Kier alpha value is -1.80. The van der Waals surface area contributed by atoms with Crippen molar-refractivity contribution in [1.29, 1.82) is 0 Å². The lowest BCUT2D eigenvalue weighted by Crippen LogP contribution is -2.41. The number of nitrogens with zero attached hydrogens (tertiary/aromatic N) is 3. The van der Waals surface area contributed by atoms with Crippen LogP contribution in [0.3, 0.4) is 0 Å². The van der Waals surface area contributed by atoms with Gasteiger partial charge in [-0.25, -0.2) is 0 Å². The number of thiophene rings is 1. The smallest absolute Gasteiger partial charge is 0.324 e. The van der Waals surface area contributed by atoms with Crippen molar-refractivity contribution in [2.24, 2.45) is 11.7 Å². The minimum atomic E-state index is -0.544. The third kappa shape index (κ3) is 2.68. The van der Waals surface area contributed by atoms with E-state index in [-0.39, 0.29) is 5.00 Å². The first-order chi connectivity index (χ1) is 9.98. The predicted octanol–water partition coefficient (Wildman–Crippen LogP) is 3.07. The van der Waals surface area contributed by atoms with Gasteiger partial charge in [0.15, 0.2) is 5.82 Å². The molecule has 7 nitrogen and oxygen atoms in total. The molecular weight excluding hydrogens is 292 g/mol. The zero-order chi connectivity index (χ0) is 15.0. The summed E-state index contributed by atoms with van der Waals surface area (Å²) in [5.41, 5.74) is 5.85. The van der Waals surface area contributed by atoms with Crippen LogP contribution >= 0.6 is 11.3 Å². The molecule has 0 unspecified atom stereocenters. The maximum Gasteiger partial charge on any atom is 0.324 e. The predicted molar refractivity (Wildman–Crippen MR) is 77.8 cm³/mol. The largest absolute Gasteiger partial charge is 0.333 e. The number of hydrogen-bond acceptors (Lipinski definition) is 7. The van der Waals surface area contributed by atoms with Gasteiger partial charge in [-0.1, -0.05) is 23.4 Å². The molecule has 0 radical (unpaired) electrons. The first-order valence-corrected chi connectivity index (χ1v) is 7.67. The Balaban J connectivity index is 1.84. The molecule has 0 amide bonds. The van der Waals surface area contributed by atoms with Crippen LogP contribution < -0.4 is 5.73 Å². The van der Waals surface area contributed by atoms with Gasteiger partial charge in [-0.2, -0.15) is 4.98 Å². The van der Waals surface area contributed by atoms with E-state index < -0.39 is 10.5 Å². The van der Waals surface area contributed by atoms with E-state index in [2.05, 4.69) is 17.1 Å². The molecular formula is C13H16N4O3S. The second-order valence-corrected chi connectivity index (χ2v) is 6.72. The summed E-state index contributed by atoms with van der Waals surface area (Å²) in [6.45, 7) is 2.21. The van der Waals surface area contributed by atoms with Crippen LogP contribution in [-0.2, 0) is 5.54 Å². The van der Waals surface area contributed by atoms with Gasteiger partial charge in [0.1, 0.15) is 0 Å². The highest BCUT2D eigenvalue weighted by Gasteiger charge is 2.36. The molecule has 2 N–H and O–H groups in total. The summed E-state index contributed by atoms with van der Waals surface area (Å²) in [6, 6.07) is 3.05. The summed E-state index contributed by atoms with van der Waals surface area (Å²) in [4.78, 5) is 15.2. The van der Waals surface area contributed by atoms with Crippen molar-refractivity contribution in [3.05, 3.63) is 28.1 Å². The molecule has 112 valence electrons. The quantitative estimate of drug-likeness (QED) is 0.689. The second-order valence-electron chi connectivity index (χ2n) is 5.66. The van der Waals surface area contributed by atoms with Gasteiger partial charge in [0.05, 0.1) is 15.3 Å². The van der Waals surface area contributed by atoms with Crippen molar-refractivity contribution < 1.29 is 9.45 Å². The SMILES string of the molecule is CC1CCC(N)(c2noc(-c3ccc([N+](=O)[O-])s3)n2)CC1. The minimum absolute atomic E-state index is 0.0544. The molecule has 21 heavy (non-hydrogen) atoms. The Morgan fingerprint density at radius 1 is 1.48 bits per heavy atom. The number of rotatable bonds is 3. The molecule has 0 aliphatic heterocycles. The molecule has 1 aliphatic carbocycles. The normalized spacial score (nSPS) is 25.9. The lowest BCUT2D eigenvalue weighted by Gasteiger charge is -2.33. The Morgan fingerprint density at radius 3 is 2.81 bits per heavy atom. The molecule has 2 aromatic heterocycles. The van der Waals surface area contributed by atoms with E-state index >= 15 is 0 Å². The fourth-order valence-electron chi connectivity index (χ4n) is 2.57. The van der Waals surface area contributed by atoms with E-state index in [0.29, 0.717) is 22.5 Å². The lowest BCUT2D eigenvalue weighted by atomic mass is 9.77. The second kappa shape index (κ2) is 5.19. The average Bonchev–Trinajstić information content (AvgIpc) is 3.09. The Bertz CT molecular complexity index is 658. The molecule has 2 heterocycles. The standard InChI is InChI=1S/C13H16N4O3S/c1-8-4-6-13(14,7-5-8)12-15-11(20-16-12)9-2-3-10(21-9)17(18)19/h2-3,8H,4-7,14H2,1H3. The Labute approximate surface area is 125 Å². The Morgan fingerprint density at radius 2 is 2.19 bits per heavy atom. The highest BCUT2D eigenvalue weighted by Crippen LogP contribution is 2.38. The zero-order valence-electron chi connectivity index (χ0n) is 11.6. The maximum absolute atomic E-state index is 10.7. The summed E-state index contributed by atoms with van der Waals surface area (Å²) in [5.74, 6) is 1.47. The highest BCUT2D eigenvalue weighted by atomic mass is 32.1. The molecule has 1 aliphatic rings. The summed E-state index contributed by atoms with van der Waals surface area (Å²) in [7, 11) is 0. The molecule has 0 bridgehead atoms. The van der Waals surface area contributed by atoms with E-state index in [1.165, 1.54) is 6.07 Å². The van der Waals surface area contributed by atoms with Crippen LogP contribution in [0.25, 0.3) is 10.8 Å². The Kier molecular flexibility index (Phi) is 3.50. The van der Waals surface area contributed by atoms with Crippen LogP contribution in [0.15, 0.2) is 16.7 Å². The molecule has 2 aromatic rings. The van der Waals surface area contributed by atoms with Crippen molar-refractivity contribution >= 4 is 16.3 Å². The molecule has 0 spiro atoms. The fraction of sp³-hybridized carbons (Fsp3) is 0.538. The zero-order valence-corrected chi connectivity index (χ0v) is 12.4. The van der Waals surface area contributed by atoms with Gasteiger partial charge >= 0.3 is 5.00 Å². The lowest BCUT2D eigenvalue weighted by molar-refractivity contribution is -0.380. The van der Waals surface area contributed by atoms with Crippen molar-refractivity contribution in [2.45, 2.75) is 38.1 Å². The van der Waals surface area contributed by atoms with Gasteiger partial charge in [-0.3, -0.25) is 10.1 Å². The molecule has 0 atom stereocenters. The van der Waals surface area contributed by atoms with E-state index in [1.54, 1.807) is 6.07 Å². The molecule has 3 rings (SSSR count). The van der Waals surface area contributed by atoms with Crippen LogP contribution in [0.5, 0.6) is 0 Å². The first kappa shape index (κ1) is 14.2. The van der Waals surface area contributed by atoms with Crippen LogP contribution in [0, 0.1) is 16.0 Å². The monoisotopic (exact) mass is 308 g/mol. The highest BCUT2D eigenvalue weighted by molar-refractivity contribution is 7.18. The van der Waals surface area contributed by atoms with Crippen molar-refractivity contribution in [1.82, 2.24) is 10.1 Å². The van der Waals surface area contributed by atoms with Gasteiger partial charge in [0, 0.05) is 6.07 Å². The van der Waals surface area contributed by atoms with E-state index in [1.807, 2.05) is 0 Å². The number of aromatic nitrogens is 2. The van der Waals surface area contributed by atoms with Gasteiger partial charge in [0.2, 0.25) is 0 Å². The van der Waals surface area contributed by atoms with Crippen molar-refractivity contribution in [2.75, 3.05) is 0 Å². The van der Waals surface area contributed by atoms with Crippen LogP contribution in [0.1, 0.15) is 38.4 Å². The summed E-state index contributed by atoms with van der Waals surface area (Å²) < 4.78 is 5.24. The van der Waals surface area contributed by atoms with Gasteiger partial charge in [-0.15, -0.1) is 0 Å². The molecule has 0 saturated heterocycles. The molecule has 1 saturated carbocycles. The van der Waals surface area contributed by atoms with Crippen molar-refractivity contribution in [3.63, 3.8) is 0 Å². The van der Waals surface area contributed by atoms with Gasteiger partial charge < -0.3 is 10.3 Å². The fourth-order valence-corrected chi connectivity index (χ4v) is 3.31.